The van der Waals surface area contributed by atoms with Crippen molar-refractivity contribution in [3.05, 3.63) is 34.4 Å². The minimum absolute atomic E-state index is 0.0536. The van der Waals surface area contributed by atoms with Gasteiger partial charge in [-0.1, -0.05) is 0 Å². The number of hydrogen-bond donors (Lipinski definition) is 1. The number of hydrogen-bond acceptors (Lipinski definition) is 7. The highest BCUT2D eigenvalue weighted by Gasteiger charge is 2.51. The van der Waals surface area contributed by atoms with E-state index in [1.54, 1.807) is 42.8 Å². The van der Waals surface area contributed by atoms with Gasteiger partial charge in [-0.3, -0.25) is 10.1 Å². The van der Waals surface area contributed by atoms with E-state index in [4.69, 9.17) is 9.47 Å². The minimum Gasteiger partial charge on any atom is -0.388 e. The molecule has 5 atom stereocenters. The van der Waals surface area contributed by atoms with Gasteiger partial charge in [-0.05, 0) is 12.1 Å². The first-order chi connectivity index (χ1) is 10.1. The molecule has 114 valence electrons. The molecule has 0 unspecified atom stereocenters. The van der Waals surface area contributed by atoms with Crippen LogP contribution in [0.3, 0.4) is 0 Å². The Kier molecular flexibility index (Phi) is 4.41. The average molecular weight is 329 g/mol. The largest absolute Gasteiger partial charge is 0.388 e. The van der Waals surface area contributed by atoms with E-state index >= 15 is 0 Å². The van der Waals surface area contributed by atoms with Crippen molar-refractivity contribution < 1.29 is 19.5 Å². The maximum Gasteiger partial charge on any atom is 0.269 e. The number of non-ortho nitro benzene ring substituents is 1. The van der Waals surface area contributed by atoms with Gasteiger partial charge in [-0.2, -0.15) is 0 Å². The molecule has 8 heteroatoms. The maximum atomic E-state index is 10.6. The highest BCUT2D eigenvalue weighted by Crippen LogP contribution is 2.45. The Hall–Kier alpha value is -0.800. The predicted molar refractivity (Wildman–Crippen MR) is 80.7 cm³/mol. The lowest BCUT2D eigenvalue weighted by Crippen LogP contribution is -2.35. The fraction of sp³-hybridized carbons (Fsp3) is 0.538. The van der Waals surface area contributed by atoms with Crippen LogP contribution in [0.1, 0.15) is 0 Å². The van der Waals surface area contributed by atoms with Crippen molar-refractivity contribution >= 4 is 29.2 Å². The third kappa shape index (κ3) is 2.91. The molecule has 2 aliphatic rings. The molecule has 2 aliphatic heterocycles. The van der Waals surface area contributed by atoms with Crippen LogP contribution in [0.4, 0.5) is 5.69 Å². The van der Waals surface area contributed by atoms with Crippen LogP contribution in [-0.4, -0.2) is 51.9 Å². The summed E-state index contributed by atoms with van der Waals surface area (Å²) in [5.74, 6) is 0.775. The molecule has 2 saturated heterocycles. The van der Waals surface area contributed by atoms with Crippen molar-refractivity contribution in [1.82, 2.24) is 0 Å². The van der Waals surface area contributed by atoms with Gasteiger partial charge in [-0.25, -0.2) is 0 Å². The Morgan fingerprint density at radius 2 is 2.19 bits per heavy atom. The van der Waals surface area contributed by atoms with Crippen molar-refractivity contribution in [2.75, 3.05) is 12.9 Å². The van der Waals surface area contributed by atoms with Gasteiger partial charge >= 0.3 is 0 Å². The summed E-state index contributed by atoms with van der Waals surface area (Å²) in [6, 6.07) is 6.43. The second-order valence-electron chi connectivity index (χ2n) is 4.90. The first kappa shape index (κ1) is 15.1. The monoisotopic (exact) mass is 329 g/mol. The third-order valence-electron chi connectivity index (χ3n) is 3.64. The minimum atomic E-state index is -0.634. The van der Waals surface area contributed by atoms with Crippen LogP contribution in [0.5, 0.6) is 0 Å². The van der Waals surface area contributed by atoms with Gasteiger partial charge < -0.3 is 14.6 Å². The first-order valence-corrected chi connectivity index (χ1v) is 8.42. The van der Waals surface area contributed by atoms with Crippen molar-refractivity contribution in [2.24, 2.45) is 0 Å². The molecule has 1 N–H and O–H groups in total. The molecular weight excluding hydrogens is 314 g/mol. The van der Waals surface area contributed by atoms with Gasteiger partial charge in [0.2, 0.25) is 0 Å². The second kappa shape index (κ2) is 6.13. The summed E-state index contributed by atoms with van der Waals surface area (Å²) in [6.45, 7) is 0. The van der Waals surface area contributed by atoms with E-state index in [1.807, 2.05) is 0 Å². The standard InChI is InChI=1S/C13H15NO5S2/c1-18-11-9-6-20-13(12(19-9)10(11)15)21-8-4-2-7(3-5-8)14(16)17/h2-5,9-13,15H,6H2,1H3/t9-,10+,11-,12-,13-/m1/s1. The lowest BCUT2D eigenvalue weighted by atomic mass is 10.1. The molecule has 0 amide bonds. The molecule has 3 rings (SSSR count). The summed E-state index contributed by atoms with van der Waals surface area (Å²) in [5, 5.41) is 20.9. The number of ether oxygens (including phenoxy) is 2. The zero-order valence-electron chi connectivity index (χ0n) is 11.2. The molecular formula is C13H15NO5S2. The lowest BCUT2D eigenvalue weighted by molar-refractivity contribution is -0.384. The van der Waals surface area contributed by atoms with Crippen LogP contribution in [0.2, 0.25) is 0 Å². The zero-order valence-corrected chi connectivity index (χ0v) is 12.9. The third-order valence-corrected chi connectivity index (χ3v) is 6.50. The van der Waals surface area contributed by atoms with Gasteiger partial charge in [0.05, 0.1) is 15.6 Å². The van der Waals surface area contributed by atoms with Crippen LogP contribution in [0.15, 0.2) is 29.2 Å². The van der Waals surface area contributed by atoms with E-state index in [0.29, 0.717) is 0 Å². The maximum absolute atomic E-state index is 10.6. The number of nitro groups is 1. The fourth-order valence-electron chi connectivity index (χ4n) is 2.58. The number of fused-ring (bicyclic) bond motifs is 2. The SMILES string of the molecule is CO[C@H]1[C@H](O)[C@H]2O[C@@H]1CS[C@@H]2Sc1ccc([N+](=O)[O-])cc1. The molecule has 0 radical (unpaired) electrons. The highest BCUT2D eigenvalue weighted by atomic mass is 32.2. The zero-order chi connectivity index (χ0) is 15.0. The Labute approximate surface area is 130 Å². The molecule has 2 heterocycles. The number of benzene rings is 1. The fourth-order valence-corrected chi connectivity index (χ4v) is 5.41. The van der Waals surface area contributed by atoms with Gasteiger partial charge in [0.15, 0.2) is 0 Å². The van der Waals surface area contributed by atoms with Crippen LogP contribution in [0, 0.1) is 10.1 Å². The van der Waals surface area contributed by atoms with Gasteiger partial charge in [0.1, 0.15) is 18.3 Å². The summed E-state index contributed by atoms with van der Waals surface area (Å²) >= 11 is 3.29. The first-order valence-electron chi connectivity index (χ1n) is 6.49. The highest BCUT2D eigenvalue weighted by molar-refractivity contribution is 8.17. The van der Waals surface area contributed by atoms with E-state index in [9.17, 15) is 15.2 Å². The quantitative estimate of drug-likeness (QED) is 0.667. The molecule has 0 aromatic heterocycles. The van der Waals surface area contributed by atoms with Crippen molar-refractivity contribution in [3.63, 3.8) is 0 Å². The molecule has 1 aromatic carbocycles. The van der Waals surface area contributed by atoms with E-state index < -0.39 is 11.0 Å². The van der Waals surface area contributed by atoms with Crippen LogP contribution in [0.25, 0.3) is 0 Å². The lowest BCUT2D eigenvalue weighted by Gasteiger charge is -2.28. The van der Waals surface area contributed by atoms with E-state index in [0.717, 1.165) is 10.6 Å². The Morgan fingerprint density at radius 1 is 1.48 bits per heavy atom. The molecule has 0 aliphatic carbocycles. The summed E-state index contributed by atoms with van der Waals surface area (Å²) < 4.78 is 11.2. The number of methoxy groups -OCH3 is 1. The topological polar surface area (TPSA) is 81.8 Å². The van der Waals surface area contributed by atoms with Gasteiger partial charge in [-0.15, -0.1) is 23.5 Å². The van der Waals surface area contributed by atoms with Gasteiger partial charge in [0.25, 0.3) is 5.69 Å². The summed E-state index contributed by atoms with van der Waals surface area (Å²) in [4.78, 5) is 11.2. The molecule has 2 fully saturated rings. The van der Waals surface area contributed by atoms with Crippen LogP contribution < -0.4 is 0 Å². The summed E-state index contributed by atoms with van der Waals surface area (Å²) in [7, 11) is 1.58. The molecule has 21 heavy (non-hydrogen) atoms. The number of rotatable bonds is 4. The van der Waals surface area contributed by atoms with Gasteiger partial charge in [0, 0.05) is 29.9 Å². The number of nitro benzene ring substituents is 1. The van der Waals surface area contributed by atoms with Crippen LogP contribution in [-0.2, 0) is 9.47 Å². The smallest absolute Gasteiger partial charge is 0.269 e. The number of aliphatic hydroxyl groups excluding tert-OH is 1. The Morgan fingerprint density at radius 3 is 2.81 bits per heavy atom. The molecule has 0 spiro atoms. The average Bonchev–Trinajstić information content (AvgIpc) is 2.74. The van der Waals surface area contributed by atoms with Crippen LogP contribution >= 0.6 is 23.5 Å². The Balaban J connectivity index is 1.69. The summed E-state index contributed by atoms with van der Waals surface area (Å²) in [6.07, 6.45) is -1.25. The molecule has 0 saturated carbocycles. The summed E-state index contributed by atoms with van der Waals surface area (Å²) in [5.41, 5.74) is 0.0762. The normalized spacial score (nSPS) is 34.9. The van der Waals surface area contributed by atoms with E-state index in [2.05, 4.69) is 0 Å². The van der Waals surface area contributed by atoms with E-state index in [-0.39, 0.29) is 28.6 Å². The van der Waals surface area contributed by atoms with Crippen molar-refractivity contribution in [1.29, 1.82) is 0 Å². The van der Waals surface area contributed by atoms with Crippen molar-refractivity contribution in [2.45, 2.75) is 33.9 Å². The number of nitrogens with zero attached hydrogens (tertiary/aromatic N) is 1. The molecule has 2 bridgehead atoms. The van der Waals surface area contributed by atoms with E-state index in [1.165, 1.54) is 12.1 Å². The number of thioether (sulfide) groups is 2. The molecule has 6 nitrogen and oxygen atoms in total. The number of aliphatic hydroxyl groups is 1. The van der Waals surface area contributed by atoms with Crippen molar-refractivity contribution in [3.8, 4) is 0 Å². The predicted octanol–water partition coefficient (Wildman–Crippen LogP) is 1.90. The Bertz CT molecular complexity index is 526. The molecule has 1 aromatic rings. The second-order valence-corrected chi connectivity index (χ2v) is 7.59.